The molecule has 1 aliphatic carbocycles. The molecule has 0 radical (unpaired) electrons. The van der Waals surface area contributed by atoms with E-state index in [-0.39, 0.29) is 11.5 Å². The van der Waals surface area contributed by atoms with Crippen LogP contribution in [-0.4, -0.2) is 24.8 Å². The first-order valence-corrected chi connectivity index (χ1v) is 7.62. The fraction of sp³-hybridized carbons (Fsp3) is 0.588. The molecule has 1 aromatic rings. The molecule has 1 fully saturated rings. The topological polar surface area (TPSA) is 73.6 Å². The molecule has 0 aromatic heterocycles. The van der Waals surface area contributed by atoms with Crippen LogP contribution in [0.2, 0.25) is 0 Å². The van der Waals surface area contributed by atoms with Gasteiger partial charge in [0.05, 0.1) is 12.8 Å². The molecule has 0 aliphatic heterocycles. The number of nitrogens with two attached hydrogens (primary N) is 1. The molecule has 122 valence electrons. The van der Waals surface area contributed by atoms with Gasteiger partial charge < -0.3 is 15.2 Å². The number of nitrogens with one attached hydrogen (secondary N) is 1. The number of anilines is 1. The molecule has 22 heavy (non-hydrogen) atoms. The van der Waals surface area contributed by atoms with Gasteiger partial charge >= 0.3 is 6.09 Å². The van der Waals surface area contributed by atoms with E-state index in [2.05, 4.69) is 5.32 Å². The van der Waals surface area contributed by atoms with Crippen LogP contribution in [0.15, 0.2) is 18.2 Å². The van der Waals surface area contributed by atoms with Gasteiger partial charge in [-0.3, -0.25) is 5.32 Å². The second kappa shape index (κ2) is 5.80. The Morgan fingerprint density at radius 3 is 2.45 bits per heavy atom. The van der Waals surface area contributed by atoms with Crippen LogP contribution >= 0.6 is 0 Å². The Balaban J connectivity index is 2.24. The van der Waals surface area contributed by atoms with E-state index < -0.39 is 11.7 Å². The van der Waals surface area contributed by atoms with E-state index in [4.69, 9.17) is 15.2 Å². The first-order chi connectivity index (χ1) is 10.2. The van der Waals surface area contributed by atoms with Crippen LogP contribution in [0, 0.1) is 0 Å². The molecule has 1 unspecified atom stereocenters. The van der Waals surface area contributed by atoms with Gasteiger partial charge in [-0.1, -0.05) is 6.07 Å². The smallest absolute Gasteiger partial charge is 0.412 e. The lowest BCUT2D eigenvalue weighted by Crippen LogP contribution is -2.31. The van der Waals surface area contributed by atoms with Gasteiger partial charge in [-0.15, -0.1) is 0 Å². The molecule has 5 nitrogen and oxygen atoms in total. The van der Waals surface area contributed by atoms with Gasteiger partial charge in [-0.25, -0.2) is 4.79 Å². The van der Waals surface area contributed by atoms with Crippen molar-refractivity contribution in [2.75, 3.05) is 12.4 Å². The summed E-state index contributed by atoms with van der Waals surface area (Å²) in [6.07, 6.45) is 1.65. The third kappa shape index (κ3) is 3.53. The number of amides is 1. The number of carbonyl (C=O) groups is 1. The predicted molar refractivity (Wildman–Crippen MR) is 87.4 cm³/mol. The van der Waals surface area contributed by atoms with E-state index >= 15 is 0 Å². The standard InChI is InChI=1S/C17H26N2O3/c1-11(18)17(8-9-17)12-6-7-14(21-5)13(10-12)19-15(20)22-16(2,3)4/h6-7,10-11H,8-9,18H2,1-5H3,(H,19,20). The molecule has 2 rings (SSSR count). The third-order valence-corrected chi connectivity index (χ3v) is 4.07. The molecular formula is C17H26N2O3. The van der Waals surface area contributed by atoms with Crippen LogP contribution in [0.1, 0.15) is 46.1 Å². The van der Waals surface area contributed by atoms with E-state index in [9.17, 15) is 4.79 Å². The van der Waals surface area contributed by atoms with Crippen molar-refractivity contribution in [2.45, 2.75) is 57.6 Å². The first kappa shape index (κ1) is 16.6. The molecule has 3 N–H and O–H groups in total. The highest BCUT2D eigenvalue weighted by Crippen LogP contribution is 2.51. The Hall–Kier alpha value is -1.75. The lowest BCUT2D eigenvalue weighted by Gasteiger charge is -2.23. The molecule has 0 heterocycles. The van der Waals surface area contributed by atoms with Crippen molar-refractivity contribution >= 4 is 11.8 Å². The number of ether oxygens (including phenoxy) is 2. The van der Waals surface area contributed by atoms with Crippen LogP contribution < -0.4 is 15.8 Å². The molecule has 1 saturated carbocycles. The van der Waals surface area contributed by atoms with E-state index in [1.807, 2.05) is 45.9 Å². The summed E-state index contributed by atoms with van der Waals surface area (Å²) in [6.45, 7) is 7.51. The molecule has 0 spiro atoms. The zero-order valence-corrected chi connectivity index (χ0v) is 14.0. The summed E-state index contributed by atoms with van der Waals surface area (Å²) in [5.41, 5.74) is 7.35. The van der Waals surface area contributed by atoms with Gasteiger partial charge in [0.2, 0.25) is 0 Å². The maximum absolute atomic E-state index is 12.0. The Morgan fingerprint density at radius 2 is 2.00 bits per heavy atom. The number of carbonyl (C=O) groups excluding carboxylic acids is 1. The maximum atomic E-state index is 12.0. The van der Waals surface area contributed by atoms with E-state index in [0.29, 0.717) is 11.4 Å². The zero-order chi connectivity index (χ0) is 16.5. The lowest BCUT2D eigenvalue weighted by atomic mass is 9.89. The Bertz CT molecular complexity index is 558. The number of hydrogen-bond donors (Lipinski definition) is 2. The van der Waals surface area contributed by atoms with Gasteiger partial charge in [0, 0.05) is 11.5 Å². The van der Waals surface area contributed by atoms with Crippen LogP contribution in [0.3, 0.4) is 0 Å². The second-order valence-corrected chi connectivity index (χ2v) is 6.99. The van der Waals surface area contributed by atoms with Gasteiger partial charge in [-0.2, -0.15) is 0 Å². The van der Waals surface area contributed by atoms with Crippen LogP contribution in [-0.2, 0) is 10.2 Å². The first-order valence-electron chi connectivity index (χ1n) is 7.62. The number of benzene rings is 1. The molecule has 1 aliphatic rings. The largest absolute Gasteiger partial charge is 0.495 e. The normalized spacial score (nSPS) is 17.5. The average Bonchev–Trinajstić information content (AvgIpc) is 3.17. The third-order valence-electron chi connectivity index (χ3n) is 4.07. The molecule has 0 saturated heterocycles. The molecule has 1 atom stereocenters. The Morgan fingerprint density at radius 1 is 1.36 bits per heavy atom. The van der Waals surface area contributed by atoms with Crippen LogP contribution in [0.5, 0.6) is 5.75 Å². The molecule has 1 amide bonds. The minimum absolute atomic E-state index is 0.0244. The monoisotopic (exact) mass is 306 g/mol. The van der Waals surface area contributed by atoms with Crippen molar-refractivity contribution in [1.82, 2.24) is 0 Å². The van der Waals surface area contributed by atoms with Crippen molar-refractivity contribution < 1.29 is 14.3 Å². The lowest BCUT2D eigenvalue weighted by molar-refractivity contribution is 0.0635. The molecular weight excluding hydrogens is 280 g/mol. The van der Waals surface area contributed by atoms with Crippen molar-refractivity contribution in [3.05, 3.63) is 23.8 Å². The quantitative estimate of drug-likeness (QED) is 0.894. The maximum Gasteiger partial charge on any atom is 0.412 e. The summed E-state index contributed by atoms with van der Waals surface area (Å²) in [5.74, 6) is 0.607. The van der Waals surface area contributed by atoms with Crippen molar-refractivity contribution in [1.29, 1.82) is 0 Å². The van der Waals surface area contributed by atoms with E-state index in [1.54, 1.807) is 7.11 Å². The Labute approximate surface area is 132 Å². The summed E-state index contributed by atoms with van der Waals surface area (Å²) in [4.78, 5) is 12.0. The van der Waals surface area contributed by atoms with Crippen LogP contribution in [0.4, 0.5) is 10.5 Å². The summed E-state index contributed by atoms with van der Waals surface area (Å²) >= 11 is 0. The molecule has 1 aromatic carbocycles. The molecule has 5 heteroatoms. The number of hydrogen-bond acceptors (Lipinski definition) is 4. The van der Waals surface area contributed by atoms with Gasteiger partial charge in [0.15, 0.2) is 0 Å². The van der Waals surface area contributed by atoms with Crippen molar-refractivity contribution in [3.63, 3.8) is 0 Å². The van der Waals surface area contributed by atoms with Crippen molar-refractivity contribution in [2.24, 2.45) is 5.73 Å². The summed E-state index contributed by atoms with van der Waals surface area (Å²) < 4.78 is 10.6. The Kier molecular flexibility index (Phi) is 4.38. The van der Waals surface area contributed by atoms with Crippen LogP contribution in [0.25, 0.3) is 0 Å². The highest BCUT2D eigenvalue weighted by Gasteiger charge is 2.47. The zero-order valence-electron chi connectivity index (χ0n) is 14.0. The highest BCUT2D eigenvalue weighted by molar-refractivity contribution is 5.87. The van der Waals surface area contributed by atoms with Gasteiger partial charge in [0.25, 0.3) is 0 Å². The summed E-state index contributed by atoms with van der Waals surface area (Å²) in [6, 6.07) is 5.91. The van der Waals surface area contributed by atoms with Gasteiger partial charge in [-0.05, 0) is 58.2 Å². The van der Waals surface area contributed by atoms with E-state index in [1.165, 1.54) is 0 Å². The SMILES string of the molecule is COc1ccc(C2(C(C)N)CC2)cc1NC(=O)OC(C)(C)C. The second-order valence-electron chi connectivity index (χ2n) is 6.99. The summed E-state index contributed by atoms with van der Waals surface area (Å²) in [5, 5.41) is 2.77. The number of methoxy groups -OCH3 is 1. The minimum atomic E-state index is -0.543. The average molecular weight is 306 g/mol. The predicted octanol–water partition coefficient (Wildman–Crippen LogP) is 3.42. The molecule has 0 bridgehead atoms. The minimum Gasteiger partial charge on any atom is -0.495 e. The fourth-order valence-electron chi connectivity index (χ4n) is 2.67. The van der Waals surface area contributed by atoms with Crippen molar-refractivity contribution in [3.8, 4) is 5.75 Å². The summed E-state index contributed by atoms with van der Waals surface area (Å²) in [7, 11) is 1.58. The highest BCUT2D eigenvalue weighted by atomic mass is 16.6. The van der Waals surface area contributed by atoms with Gasteiger partial charge in [0.1, 0.15) is 11.4 Å². The van der Waals surface area contributed by atoms with E-state index in [0.717, 1.165) is 18.4 Å². The number of rotatable bonds is 4. The fourth-order valence-corrected chi connectivity index (χ4v) is 2.67.